The first kappa shape index (κ1) is 29.0. The third-order valence-corrected chi connectivity index (χ3v) is 6.84. The smallest absolute Gasteiger partial charge is 0.416 e. The lowest BCUT2D eigenvalue weighted by Crippen LogP contribution is -2.44. The van der Waals surface area contributed by atoms with Crippen LogP contribution in [0.15, 0.2) is 60.7 Å². The number of nitrogens with zero attached hydrogens (tertiary/aromatic N) is 1. The maximum atomic E-state index is 13.0. The first-order valence-electron chi connectivity index (χ1n) is 12.5. The number of nitrogens with one attached hydrogen (secondary N) is 1. The van der Waals surface area contributed by atoms with Gasteiger partial charge in [-0.3, -0.25) is 0 Å². The Kier molecular flexibility index (Phi) is 9.03. The molecule has 1 heterocycles. The van der Waals surface area contributed by atoms with Crippen molar-refractivity contribution in [3.63, 3.8) is 0 Å². The Bertz CT molecular complexity index is 1350. The highest BCUT2D eigenvalue weighted by Gasteiger charge is 2.32. The van der Waals surface area contributed by atoms with E-state index in [1.54, 1.807) is 45.4 Å². The van der Waals surface area contributed by atoms with Gasteiger partial charge in [-0.25, -0.2) is 4.79 Å². The number of ether oxygens (including phenoxy) is 4. The number of halogens is 3. The highest BCUT2D eigenvalue weighted by molar-refractivity contribution is 7.80. The lowest BCUT2D eigenvalue weighted by molar-refractivity contribution is -0.137. The lowest BCUT2D eigenvalue weighted by atomic mass is 9.92. The zero-order chi connectivity index (χ0) is 28.9. The fourth-order valence-electron chi connectivity index (χ4n) is 4.47. The molecule has 212 valence electrons. The van der Waals surface area contributed by atoms with Gasteiger partial charge in [0.25, 0.3) is 0 Å². The zero-order valence-electron chi connectivity index (χ0n) is 22.2. The number of alkyl halides is 3. The van der Waals surface area contributed by atoms with Gasteiger partial charge in [0.2, 0.25) is 0 Å². The van der Waals surface area contributed by atoms with E-state index in [9.17, 15) is 18.0 Å². The van der Waals surface area contributed by atoms with Crippen molar-refractivity contribution < 1.29 is 36.9 Å². The highest BCUT2D eigenvalue weighted by atomic mass is 32.1. The normalized spacial score (nSPS) is 14.7. The molecular formula is C29H29F3N2O5S. The van der Waals surface area contributed by atoms with Crippen molar-refractivity contribution in [2.45, 2.75) is 25.6 Å². The molecule has 0 spiro atoms. The molecule has 0 aromatic heterocycles. The standard InChI is InChI=1S/C29H29F3N2O5S/c1-4-38-27(35)18-5-11-22(12-6-18)39-17-24-23-16-26(37-3)25(36-2)15-19(23)13-14-34(24)28(40)33-21-9-7-20(8-10-21)29(30,31)32/h5-12,15-16,24H,4,13-14,17H2,1-3H3,(H,33,40). The number of benzene rings is 3. The first-order valence-corrected chi connectivity index (χ1v) is 12.9. The number of hydrogen-bond donors (Lipinski definition) is 1. The number of fused-ring (bicyclic) bond motifs is 1. The summed E-state index contributed by atoms with van der Waals surface area (Å²) in [7, 11) is 3.13. The maximum Gasteiger partial charge on any atom is 0.416 e. The SMILES string of the molecule is CCOC(=O)c1ccc(OCC2c3cc(OC)c(OC)cc3CCN2C(=S)Nc2ccc(C(F)(F)F)cc2)cc1. The monoisotopic (exact) mass is 574 g/mol. The van der Waals surface area contributed by atoms with Crippen LogP contribution in [0.4, 0.5) is 18.9 Å². The van der Waals surface area contributed by atoms with E-state index < -0.39 is 17.7 Å². The molecule has 0 saturated carbocycles. The van der Waals surface area contributed by atoms with Gasteiger partial charge in [0.1, 0.15) is 12.4 Å². The van der Waals surface area contributed by atoms with Crippen LogP contribution in [0.25, 0.3) is 0 Å². The molecule has 4 rings (SSSR count). The second kappa shape index (κ2) is 12.5. The van der Waals surface area contributed by atoms with E-state index in [2.05, 4.69) is 5.32 Å². The second-order valence-electron chi connectivity index (χ2n) is 8.93. The van der Waals surface area contributed by atoms with Gasteiger partial charge in [-0.15, -0.1) is 0 Å². The molecule has 0 radical (unpaired) electrons. The summed E-state index contributed by atoms with van der Waals surface area (Å²) in [6.07, 6.45) is -3.78. The number of rotatable bonds is 8. The van der Waals surface area contributed by atoms with Gasteiger partial charge >= 0.3 is 12.1 Å². The Labute approximate surface area is 235 Å². The van der Waals surface area contributed by atoms with Gasteiger partial charge in [0.15, 0.2) is 16.6 Å². The van der Waals surface area contributed by atoms with E-state index in [4.69, 9.17) is 31.2 Å². The molecule has 0 amide bonds. The van der Waals surface area contributed by atoms with E-state index >= 15 is 0 Å². The number of anilines is 1. The minimum absolute atomic E-state index is 0.191. The average molecular weight is 575 g/mol. The maximum absolute atomic E-state index is 13.0. The largest absolute Gasteiger partial charge is 0.493 e. The summed E-state index contributed by atoms with van der Waals surface area (Å²) in [5, 5.41) is 3.40. The lowest BCUT2D eigenvalue weighted by Gasteiger charge is -2.39. The number of esters is 1. The zero-order valence-corrected chi connectivity index (χ0v) is 23.0. The molecule has 1 aliphatic rings. The van der Waals surface area contributed by atoms with E-state index in [0.717, 1.165) is 23.3 Å². The molecule has 0 fully saturated rings. The molecule has 1 atom stereocenters. The van der Waals surface area contributed by atoms with Crippen LogP contribution in [0.2, 0.25) is 0 Å². The van der Waals surface area contributed by atoms with Crippen LogP contribution in [0, 0.1) is 0 Å². The van der Waals surface area contributed by atoms with Gasteiger partial charge < -0.3 is 29.2 Å². The van der Waals surface area contributed by atoms with Crippen LogP contribution in [0.1, 0.15) is 40.0 Å². The molecule has 0 bridgehead atoms. The number of thiocarbonyl (C=S) groups is 1. The van der Waals surface area contributed by atoms with Crippen LogP contribution >= 0.6 is 12.2 Å². The van der Waals surface area contributed by atoms with Crippen molar-refractivity contribution >= 4 is 29.0 Å². The number of carbonyl (C=O) groups excluding carboxylic acids is 1. The molecule has 3 aromatic rings. The Morgan fingerprint density at radius 3 is 2.27 bits per heavy atom. The summed E-state index contributed by atoms with van der Waals surface area (Å²) in [5.74, 6) is 1.28. The molecular weight excluding hydrogens is 545 g/mol. The van der Waals surface area contributed by atoms with Crippen LogP contribution in [-0.2, 0) is 17.3 Å². The average Bonchev–Trinajstić information content (AvgIpc) is 2.95. The predicted octanol–water partition coefficient (Wildman–Crippen LogP) is 6.27. The van der Waals surface area contributed by atoms with Gasteiger partial charge in [-0.1, -0.05) is 0 Å². The van der Waals surface area contributed by atoms with Crippen molar-refractivity contribution in [2.24, 2.45) is 0 Å². The van der Waals surface area contributed by atoms with Gasteiger partial charge in [-0.2, -0.15) is 13.2 Å². The number of carbonyl (C=O) groups is 1. The Hall–Kier alpha value is -3.99. The quantitative estimate of drug-likeness (QED) is 0.249. The van der Waals surface area contributed by atoms with Crippen molar-refractivity contribution in [1.29, 1.82) is 0 Å². The molecule has 0 aliphatic carbocycles. The van der Waals surface area contributed by atoms with Gasteiger partial charge in [-0.05, 0) is 97.4 Å². The number of methoxy groups -OCH3 is 2. The van der Waals surface area contributed by atoms with Crippen molar-refractivity contribution in [1.82, 2.24) is 4.90 Å². The molecule has 1 unspecified atom stereocenters. The van der Waals surface area contributed by atoms with Crippen LogP contribution in [-0.4, -0.2) is 50.0 Å². The summed E-state index contributed by atoms with van der Waals surface area (Å²) in [6, 6.07) is 14.8. The van der Waals surface area contributed by atoms with Crippen LogP contribution < -0.4 is 19.5 Å². The Morgan fingerprint density at radius 2 is 1.68 bits per heavy atom. The molecule has 7 nitrogen and oxygen atoms in total. The first-order chi connectivity index (χ1) is 19.1. The predicted molar refractivity (Wildman–Crippen MR) is 148 cm³/mol. The highest BCUT2D eigenvalue weighted by Crippen LogP contribution is 2.39. The Balaban J connectivity index is 1.58. The van der Waals surface area contributed by atoms with Crippen molar-refractivity contribution in [3.05, 3.63) is 82.9 Å². The van der Waals surface area contributed by atoms with Crippen LogP contribution in [0.5, 0.6) is 17.2 Å². The number of hydrogen-bond acceptors (Lipinski definition) is 6. The minimum atomic E-state index is -4.42. The second-order valence-corrected chi connectivity index (χ2v) is 9.31. The summed E-state index contributed by atoms with van der Waals surface area (Å²) >= 11 is 5.71. The van der Waals surface area contributed by atoms with Gasteiger partial charge in [0.05, 0.1) is 38.0 Å². The molecule has 0 saturated heterocycles. The third-order valence-electron chi connectivity index (χ3n) is 6.50. The topological polar surface area (TPSA) is 69.3 Å². The third kappa shape index (κ3) is 6.59. The fourth-order valence-corrected chi connectivity index (χ4v) is 4.80. The minimum Gasteiger partial charge on any atom is -0.493 e. The summed E-state index contributed by atoms with van der Waals surface area (Å²) < 4.78 is 61.1. The molecule has 1 N–H and O–H groups in total. The van der Waals surface area contributed by atoms with E-state index in [0.29, 0.717) is 46.6 Å². The summed E-state index contributed by atoms with van der Waals surface area (Å²) in [4.78, 5) is 13.9. The Morgan fingerprint density at radius 1 is 1.02 bits per heavy atom. The van der Waals surface area contributed by atoms with E-state index in [-0.39, 0.29) is 19.3 Å². The van der Waals surface area contributed by atoms with Crippen LogP contribution in [0.3, 0.4) is 0 Å². The van der Waals surface area contributed by atoms with Gasteiger partial charge in [0, 0.05) is 12.2 Å². The summed E-state index contributed by atoms with van der Waals surface area (Å²) in [6.45, 7) is 2.74. The molecule has 40 heavy (non-hydrogen) atoms. The van der Waals surface area contributed by atoms with Crippen molar-refractivity contribution in [2.75, 3.05) is 39.3 Å². The van der Waals surface area contributed by atoms with E-state index in [1.165, 1.54) is 12.1 Å². The molecule has 3 aromatic carbocycles. The molecule has 11 heteroatoms. The fraction of sp³-hybridized carbons (Fsp3) is 0.310. The van der Waals surface area contributed by atoms with E-state index in [1.807, 2.05) is 17.0 Å². The molecule has 1 aliphatic heterocycles. The summed E-state index contributed by atoms with van der Waals surface area (Å²) in [5.41, 5.74) is 2.07. The van der Waals surface area contributed by atoms with Crippen molar-refractivity contribution in [3.8, 4) is 17.2 Å².